The molecule has 2 aromatic rings. The lowest BCUT2D eigenvalue weighted by Crippen LogP contribution is -2.15. The Bertz CT molecular complexity index is 558. The molecule has 0 atom stereocenters. The molecule has 1 aliphatic carbocycles. The molecule has 0 saturated heterocycles. The number of rotatable bonds is 0. The summed E-state index contributed by atoms with van der Waals surface area (Å²) in [5, 5.41) is 1.80. The van der Waals surface area contributed by atoms with E-state index in [9.17, 15) is 9.59 Å². The van der Waals surface area contributed by atoms with Crippen LogP contribution in [-0.4, -0.2) is 11.6 Å². The van der Waals surface area contributed by atoms with Crippen molar-refractivity contribution in [3.05, 3.63) is 43.3 Å². The van der Waals surface area contributed by atoms with Crippen LogP contribution in [0.3, 0.4) is 0 Å². The first-order valence-electron chi connectivity index (χ1n) is 6.87. The van der Waals surface area contributed by atoms with Crippen molar-refractivity contribution in [1.29, 1.82) is 0 Å². The third-order valence-corrected chi connectivity index (χ3v) is 4.38. The summed E-state index contributed by atoms with van der Waals surface area (Å²) in [6, 6.07) is 3.54. The van der Waals surface area contributed by atoms with Gasteiger partial charge in [-0.2, -0.15) is 0 Å². The first-order valence-corrected chi connectivity index (χ1v) is 8.57. The van der Waals surface area contributed by atoms with Gasteiger partial charge in [0.2, 0.25) is 11.6 Å². The van der Waals surface area contributed by atoms with Crippen molar-refractivity contribution in [3.8, 4) is 0 Å². The summed E-state index contributed by atoms with van der Waals surface area (Å²) in [5.74, 6) is -0.00194. The van der Waals surface area contributed by atoms with E-state index in [1.807, 2.05) is 26.8 Å². The van der Waals surface area contributed by atoms with E-state index < -0.39 is 0 Å². The molecule has 0 bridgehead atoms. The summed E-state index contributed by atoms with van der Waals surface area (Å²) < 4.78 is 0. The number of fused-ring (bicyclic) bond motifs is 2. The average molecular weight is 308 g/mol. The number of hydrogen-bond donors (Lipinski definition) is 0. The van der Waals surface area contributed by atoms with E-state index in [0.717, 1.165) is 4.88 Å². The molecule has 0 aromatic carbocycles. The second-order valence-corrected chi connectivity index (χ2v) is 6.30. The monoisotopic (exact) mass is 308 g/mol. The fourth-order valence-corrected chi connectivity index (χ4v) is 3.57. The maximum absolute atomic E-state index is 12.0. The molecule has 0 spiro atoms. The van der Waals surface area contributed by atoms with Gasteiger partial charge in [-0.3, -0.25) is 9.59 Å². The Hall–Kier alpha value is -1.26. The third-order valence-electron chi connectivity index (χ3n) is 2.42. The lowest BCUT2D eigenvalue weighted by atomic mass is 9.96. The molecule has 0 amide bonds. The summed E-state index contributed by atoms with van der Waals surface area (Å²) in [7, 11) is 0. The average Bonchev–Trinajstić information content (AvgIpc) is 3.06. The fraction of sp³-hybridized carbons (Fsp3) is 0.375. The summed E-state index contributed by atoms with van der Waals surface area (Å²) in [6.07, 6.45) is 1.25. The molecule has 2 aromatic heterocycles. The van der Waals surface area contributed by atoms with Crippen LogP contribution in [0.25, 0.3) is 0 Å². The molecule has 0 unspecified atom stereocenters. The van der Waals surface area contributed by atoms with Gasteiger partial charge in [-0.15, -0.1) is 22.7 Å². The molecule has 0 radical (unpaired) electrons. The molecule has 2 nitrogen and oxygen atoms in total. The molecule has 0 fully saturated rings. The molecule has 3 rings (SSSR count). The molecule has 2 heterocycles. The van der Waals surface area contributed by atoms with Gasteiger partial charge in [0.1, 0.15) is 0 Å². The van der Waals surface area contributed by atoms with E-state index in [4.69, 9.17) is 0 Å². The first-order chi connectivity index (χ1) is 9.60. The first kappa shape index (κ1) is 16.8. The van der Waals surface area contributed by atoms with Crippen molar-refractivity contribution in [3.63, 3.8) is 0 Å². The van der Waals surface area contributed by atoms with Gasteiger partial charge in [0.15, 0.2) is 0 Å². The van der Waals surface area contributed by atoms with Gasteiger partial charge in [-0.1, -0.05) is 34.1 Å². The molecule has 0 N–H and O–H groups in total. The minimum atomic E-state index is -0.000972. The Balaban J connectivity index is 0.000000357. The van der Waals surface area contributed by atoms with Crippen LogP contribution in [0, 0.1) is 6.92 Å². The van der Waals surface area contributed by atoms with E-state index in [0.29, 0.717) is 20.9 Å². The highest BCUT2D eigenvalue weighted by atomic mass is 32.1. The van der Waals surface area contributed by atoms with Crippen LogP contribution < -0.4 is 0 Å². The Kier molecular flexibility index (Phi) is 6.30. The van der Waals surface area contributed by atoms with Crippen LogP contribution in [-0.2, 0) is 0 Å². The van der Waals surface area contributed by atoms with Crippen LogP contribution in [0.15, 0.2) is 17.5 Å². The smallest absolute Gasteiger partial charge is 0.205 e. The van der Waals surface area contributed by atoms with Gasteiger partial charge in [0, 0.05) is 16.0 Å². The number of carbonyl (C=O) groups is 2. The summed E-state index contributed by atoms with van der Waals surface area (Å²) in [5.41, 5.74) is 1.15. The maximum Gasteiger partial charge on any atom is 0.205 e. The SMILES string of the molecule is CC.CCC.Cc1cc2c(s1)C(=O)c1ccsc1C2=O. The zero-order chi connectivity index (χ0) is 15.3. The molecule has 20 heavy (non-hydrogen) atoms. The largest absolute Gasteiger partial charge is 0.288 e. The number of aryl methyl sites for hydroxylation is 1. The Morgan fingerprint density at radius 2 is 1.55 bits per heavy atom. The van der Waals surface area contributed by atoms with E-state index in [1.54, 1.807) is 11.4 Å². The van der Waals surface area contributed by atoms with Crippen LogP contribution >= 0.6 is 22.7 Å². The fourth-order valence-electron chi connectivity index (χ4n) is 1.76. The molecule has 0 aliphatic heterocycles. The van der Waals surface area contributed by atoms with Crippen molar-refractivity contribution in [1.82, 2.24) is 0 Å². The van der Waals surface area contributed by atoms with E-state index in [2.05, 4.69) is 13.8 Å². The van der Waals surface area contributed by atoms with Crippen LogP contribution in [0.4, 0.5) is 0 Å². The van der Waals surface area contributed by atoms with Crippen LogP contribution in [0.1, 0.15) is 69.5 Å². The van der Waals surface area contributed by atoms with E-state index >= 15 is 0 Å². The number of hydrogen-bond acceptors (Lipinski definition) is 4. The van der Waals surface area contributed by atoms with Gasteiger partial charge in [0.25, 0.3) is 0 Å². The van der Waals surface area contributed by atoms with Crippen molar-refractivity contribution in [2.75, 3.05) is 0 Å². The van der Waals surface area contributed by atoms with Crippen molar-refractivity contribution < 1.29 is 9.59 Å². The number of ketones is 2. The molecular weight excluding hydrogens is 288 g/mol. The quantitative estimate of drug-likeness (QED) is 0.562. The van der Waals surface area contributed by atoms with Gasteiger partial charge >= 0.3 is 0 Å². The summed E-state index contributed by atoms with van der Waals surface area (Å²) >= 11 is 2.75. The standard InChI is InChI=1S/C11H6O2S2.C3H8.C2H6/c1-5-4-7-9(13)10-6(2-3-14-10)8(12)11(7)15-5;1-3-2;1-2/h2-4H,1H3;3H2,1-2H3;1-2H3. The predicted octanol–water partition coefficient (Wildman–Crippen LogP) is 5.34. The van der Waals surface area contributed by atoms with Gasteiger partial charge in [-0.05, 0) is 24.4 Å². The Morgan fingerprint density at radius 1 is 1.00 bits per heavy atom. The second kappa shape index (κ2) is 7.50. The van der Waals surface area contributed by atoms with Gasteiger partial charge in [0.05, 0.1) is 9.75 Å². The second-order valence-electron chi connectivity index (χ2n) is 4.13. The van der Waals surface area contributed by atoms with Crippen molar-refractivity contribution in [2.24, 2.45) is 0 Å². The van der Waals surface area contributed by atoms with Crippen molar-refractivity contribution in [2.45, 2.75) is 41.0 Å². The minimum absolute atomic E-state index is 0.000972. The highest BCUT2D eigenvalue weighted by Crippen LogP contribution is 2.35. The number of carbonyl (C=O) groups excluding carboxylic acids is 2. The molecule has 1 aliphatic rings. The highest BCUT2D eigenvalue weighted by Gasteiger charge is 2.32. The molecular formula is C16H20O2S2. The van der Waals surface area contributed by atoms with E-state index in [-0.39, 0.29) is 11.6 Å². The van der Waals surface area contributed by atoms with Crippen LogP contribution in [0.5, 0.6) is 0 Å². The number of thiophene rings is 2. The molecule has 108 valence electrons. The predicted molar refractivity (Wildman–Crippen MR) is 87.6 cm³/mol. The highest BCUT2D eigenvalue weighted by molar-refractivity contribution is 7.16. The maximum atomic E-state index is 12.0. The molecule has 4 heteroatoms. The normalized spacial score (nSPS) is 11.7. The Labute approximate surface area is 128 Å². The lowest BCUT2D eigenvalue weighted by Gasteiger charge is -2.08. The summed E-state index contributed by atoms with van der Waals surface area (Å²) in [6.45, 7) is 10.2. The topological polar surface area (TPSA) is 34.1 Å². The van der Waals surface area contributed by atoms with Gasteiger partial charge in [-0.25, -0.2) is 0 Å². The summed E-state index contributed by atoms with van der Waals surface area (Å²) in [4.78, 5) is 26.2. The third kappa shape index (κ3) is 3.07. The Morgan fingerprint density at radius 3 is 2.15 bits per heavy atom. The zero-order valence-corrected chi connectivity index (χ0v) is 14.2. The zero-order valence-electron chi connectivity index (χ0n) is 12.6. The molecule has 0 saturated carbocycles. The van der Waals surface area contributed by atoms with E-state index in [1.165, 1.54) is 29.1 Å². The van der Waals surface area contributed by atoms with Crippen molar-refractivity contribution >= 4 is 34.2 Å². The minimum Gasteiger partial charge on any atom is -0.288 e. The van der Waals surface area contributed by atoms with Gasteiger partial charge < -0.3 is 0 Å². The van der Waals surface area contributed by atoms with Crippen LogP contribution in [0.2, 0.25) is 0 Å². The lowest BCUT2D eigenvalue weighted by molar-refractivity contribution is 0.0986.